The molecular weight excluding hydrogens is 380 g/mol. The summed E-state index contributed by atoms with van der Waals surface area (Å²) in [6.07, 6.45) is 3.70. The summed E-state index contributed by atoms with van der Waals surface area (Å²) in [7, 11) is 0. The topological polar surface area (TPSA) is 60.0 Å². The first-order valence-electron chi connectivity index (χ1n) is 10.9. The lowest BCUT2D eigenvalue weighted by molar-refractivity contribution is 0.134. The second-order valence-corrected chi connectivity index (χ2v) is 7.69. The molecule has 0 aromatic heterocycles. The van der Waals surface area contributed by atoms with Crippen LogP contribution >= 0.6 is 0 Å². The molecule has 0 aliphatic carbocycles. The molecule has 4 rings (SSSR count). The van der Waals surface area contributed by atoms with E-state index in [9.17, 15) is 4.79 Å². The van der Waals surface area contributed by atoms with Crippen LogP contribution in [-0.4, -0.2) is 50.4 Å². The lowest BCUT2D eigenvalue weighted by Crippen LogP contribution is -2.40. The van der Waals surface area contributed by atoms with Crippen LogP contribution in [0.4, 0.5) is 4.79 Å². The molecule has 1 N–H and O–H groups in total. The number of hydrogen-bond acceptors (Lipinski definition) is 4. The Labute approximate surface area is 178 Å². The van der Waals surface area contributed by atoms with Crippen LogP contribution in [0.2, 0.25) is 0 Å². The monoisotopic (exact) mass is 410 g/mol. The van der Waals surface area contributed by atoms with Crippen LogP contribution in [0.15, 0.2) is 48.5 Å². The summed E-state index contributed by atoms with van der Waals surface area (Å²) in [5, 5.41) is 3.05. The van der Waals surface area contributed by atoms with Crippen molar-refractivity contribution >= 4 is 6.03 Å². The van der Waals surface area contributed by atoms with Crippen LogP contribution in [-0.2, 0) is 11.2 Å². The van der Waals surface area contributed by atoms with Gasteiger partial charge >= 0.3 is 6.03 Å². The van der Waals surface area contributed by atoms with Crippen molar-refractivity contribution in [2.45, 2.75) is 31.7 Å². The molecule has 6 nitrogen and oxygen atoms in total. The Balaban J connectivity index is 1.19. The second-order valence-electron chi connectivity index (χ2n) is 7.69. The van der Waals surface area contributed by atoms with Gasteiger partial charge < -0.3 is 24.4 Å². The summed E-state index contributed by atoms with van der Waals surface area (Å²) >= 11 is 0. The van der Waals surface area contributed by atoms with Gasteiger partial charge in [-0.15, -0.1) is 0 Å². The number of benzene rings is 2. The van der Waals surface area contributed by atoms with Gasteiger partial charge in [-0.05, 0) is 48.9 Å². The Kier molecular flexibility index (Phi) is 7.08. The molecule has 2 amide bonds. The van der Waals surface area contributed by atoms with Crippen molar-refractivity contribution in [3.05, 3.63) is 59.7 Å². The Hall–Kier alpha value is -2.73. The van der Waals surface area contributed by atoms with Crippen LogP contribution in [0.3, 0.4) is 0 Å². The van der Waals surface area contributed by atoms with Crippen molar-refractivity contribution in [2.24, 2.45) is 0 Å². The average Bonchev–Trinajstić information content (AvgIpc) is 3.29. The van der Waals surface area contributed by atoms with Gasteiger partial charge in [-0.1, -0.05) is 36.4 Å². The molecule has 0 bridgehead atoms. The number of likely N-dealkylation sites (tertiary alicyclic amines) is 1. The van der Waals surface area contributed by atoms with Crippen LogP contribution in [0, 0.1) is 0 Å². The number of nitrogens with zero attached hydrogens (tertiary/aromatic N) is 1. The SMILES string of the molecule is O=C(NCCCOCCc1ccccc1)N1CCCC1c1ccc2c(c1)OCCO2. The van der Waals surface area contributed by atoms with Gasteiger partial charge in [0.1, 0.15) is 13.2 Å². The van der Waals surface area contributed by atoms with Crippen LogP contribution in [0.1, 0.15) is 36.4 Å². The highest BCUT2D eigenvalue weighted by Crippen LogP contribution is 2.38. The highest BCUT2D eigenvalue weighted by Gasteiger charge is 2.30. The summed E-state index contributed by atoms with van der Waals surface area (Å²) < 4.78 is 17.0. The first-order chi connectivity index (χ1) is 14.8. The highest BCUT2D eigenvalue weighted by molar-refractivity contribution is 5.75. The molecule has 160 valence electrons. The predicted octanol–water partition coefficient (Wildman–Crippen LogP) is 3.95. The third-order valence-electron chi connectivity index (χ3n) is 5.58. The number of hydrogen-bond donors (Lipinski definition) is 1. The van der Waals surface area contributed by atoms with Gasteiger partial charge in [0.05, 0.1) is 12.6 Å². The highest BCUT2D eigenvalue weighted by atomic mass is 16.6. The number of amides is 2. The van der Waals surface area contributed by atoms with Gasteiger partial charge in [-0.25, -0.2) is 4.79 Å². The fourth-order valence-corrected chi connectivity index (χ4v) is 4.03. The summed E-state index contributed by atoms with van der Waals surface area (Å²) in [5.41, 5.74) is 2.39. The van der Waals surface area contributed by atoms with E-state index < -0.39 is 0 Å². The molecule has 2 aromatic rings. The third kappa shape index (κ3) is 5.25. The Morgan fingerprint density at radius 3 is 2.77 bits per heavy atom. The van der Waals surface area contributed by atoms with Crippen molar-refractivity contribution in [2.75, 3.05) is 39.5 Å². The summed E-state index contributed by atoms with van der Waals surface area (Å²) in [6, 6.07) is 16.4. The summed E-state index contributed by atoms with van der Waals surface area (Å²) in [4.78, 5) is 14.6. The van der Waals surface area contributed by atoms with Crippen molar-refractivity contribution in [1.29, 1.82) is 0 Å². The quantitative estimate of drug-likeness (QED) is 0.670. The van der Waals surface area contributed by atoms with Gasteiger partial charge in [0.25, 0.3) is 0 Å². The van der Waals surface area contributed by atoms with E-state index in [4.69, 9.17) is 14.2 Å². The van der Waals surface area contributed by atoms with E-state index in [-0.39, 0.29) is 12.1 Å². The summed E-state index contributed by atoms with van der Waals surface area (Å²) in [5.74, 6) is 1.56. The molecule has 1 unspecified atom stereocenters. The lowest BCUT2D eigenvalue weighted by atomic mass is 10.0. The minimum Gasteiger partial charge on any atom is -0.486 e. The van der Waals surface area contributed by atoms with Crippen LogP contribution < -0.4 is 14.8 Å². The first-order valence-corrected chi connectivity index (χ1v) is 10.9. The van der Waals surface area contributed by atoms with Gasteiger partial charge in [-0.3, -0.25) is 0 Å². The van der Waals surface area contributed by atoms with Crippen molar-refractivity contribution in [3.8, 4) is 11.5 Å². The molecule has 0 spiro atoms. The minimum absolute atomic E-state index is 0.00308. The molecule has 30 heavy (non-hydrogen) atoms. The van der Waals surface area contributed by atoms with Gasteiger partial charge in [0.15, 0.2) is 11.5 Å². The molecule has 6 heteroatoms. The normalized spacial score (nSPS) is 17.7. The molecule has 1 saturated heterocycles. The van der Waals surface area contributed by atoms with E-state index in [1.165, 1.54) is 5.56 Å². The molecule has 1 fully saturated rings. The predicted molar refractivity (Wildman–Crippen MR) is 115 cm³/mol. The molecule has 2 heterocycles. The van der Waals surface area contributed by atoms with E-state index >= 15 is 0 Å². The molecule has 0 saturated carbocycles. The van der Waals surface area contributed by atoms with Gasteiger partial charge in [0.2, 0.25) is 0 Å². The standard InChI is InChI=1S/C24H30N2O4/c27-24(25-12-5-14-28-15-11-19-6-2-1-3-7-19)26-13-4-8-21(26)20-9-10-22-23(18-20)30-17-16-29-22/h1-3,6-7,9-10,18,21H,4-5,8,11-17H2,(H,25,27). The third-order valence-corrected chi connectivity index (χ3v) is 5.58. The van der Waals surface area contributed by atoms with E-state index in [0.717, 1.165) is 49.3 Å². The number of fused-ring (bicyclic) bond motifs is 1. The van der Waals surface area contributed by atoms with Crippen molar-refractivity contribution in [3.63, 3.8) is 0 Å². The van der Waals surface area contributed by atoms with Gasteiger partial charge in [0, 0.05) is 19.7 Å². The Morgan fingerprint density at radius 1 is 1.07 bits per heavy atom. The second kappa shape index (κ2) is 10.3. The number of urea groups is 1. The van der Waals surface area contributed by atoms with Gasteiger partial charge in [-0.2, -0.15) is 0 Å². The number of carbonyl (C=O) groups excluding carboxylic acids is 1. The van der Waals surface area contributed by atoms with Crippen LogP contribution in [0.25, 0.3) is 0 Å². The van der Waals surface area contributed by atoms with E-state index in [1.54, 1.807) is 0 Å². The molecule has 1 atom stereocenters. The molecule has 2 aromatic carbocycles. The maximum absolute atomic E-state index is 12.7. The molecule has 2 aliphatic heterocycles. The number of ether oxygens (including phenoxy) is 3. The minimum atomic E-state index is -0.00308. The Morgan fingerprint density at radius 2 is 1.90 bits per heavy atom. The van der Waals surface area contributed by atoms with Crippen molar-refractivity contribution < 1.29 is 19.0 Å². The van der Waals surface area contributed by atoms with Crippen molar-refractivity contribution in [1.82, 2.24) is 10.2 Å². The first kappa shape index (κ1) is 20.5. The van der Waals surface area contributed by atoms with E-state index in [0.29, 0.717) is 33.0 Å². The van der Waals surface area contributed by atoms with E-state index in [2.05, 4.69) is 17.4 Å². The Bertz CT molecular complexity index is 827. The largest absolute Gasteiger partial charge is 0.486 e. The fourth-order valence-electron chi connectivity index (χ4n) is 4.03. The zero-order valence-corrected chi connectivity index (χ0v) is 17.3. The summed E-state index contributed by atoms with van der Waals surface area (Å²) in [6.45, 7) is 3.90. The molecule has 2 aliphatic rings. The molecular formula is C24H30N2O4. The van der Waals surface area contributed by atoms with Crippen LogP contribution in [0.5, 0.6) is 11.5 Å². The fraction of sp³-hybridized carbons (Fsp3) is 0.458. The average molecular weight is 411 g/mol. The zero-order valence-electron chi connectivity index (χ0n) is 17.3. The van der Waals surface area contributed by atoms with E-state index in [1.807, 2.05) is 41.3 Å². The number of carbonyl (C=O) groups is 1. The number of nitrogens with one attached hydrogen (secondary N) is 1. The smallest absolute Gasteiger partial charge is 0.317 e. The molecule has 0 radical (unpaired) electrons. The maximum Gasteiger partial charge on any atom is 0.317 e. The zero-order chi connectivity index (χ0) is 20.6. The maximum atomic E-state index is 12.7. The lowest BCUT2D eigenvalue weighted by Gasteiger charge is -2.27. The number of rotatable bonds is 8.